The lowest BCUT2D eigenvalue weighted by Gasteiger charge is -2.17. The normalized spacial score (nSPS) is 12.0. The highest BCUT2D eigenvalue weighted by Gasteiger charge is 2.19. The van der Waals surface area contributed by atoms with Gasteiger partial charge in [0.05, 0.1) is 30.1 Å². The number of fused-ring (bicyclic) bond motifs is 1. The van der Waals surface area contributed by atoms with Gasteiger partial charge in [0.15, 0.2) is 0 Å². The van der Waals surface area contributed by atoms with Gasteiger partial charge in [-0.1, -0.05) is 41.9 Å². The number of ether oxygens (including phenoxy) is 1. The van der Waals surface area contributed by atoms with E-state index >= 15 is 0 Å². The zero-order chi connectivity index (χ0) is 25.4. The summed E-state index contributed by atoms with van der Waals surface area (Å²) in [5, 5.41) is 17.1. The molecule has 0 aliphatic heterocycles. The minimum absolute atomic E-state index is 0.136. The number of aromatic carboxylic acids is 1. The van der Waals surface area contributed by atoms with Crippen LogP contribution in [0.25, 0.3) is 33.3 Å². The zero-order valence-electron chi connectivity index (χ0n) is 20.2. The molecular formula is C30H25ClN2O3. The molecule has 0 spiro atoms. The lowest BCUT2D eigenvalue weighted by Crippen LogP contribution is -2.10. The van der Waals surface area contributed by atoms with Gasteiger partial charge in [-0.2, -0.15) is 5.10 Å². The molecule has 0 aliphatic rings. The summed E-state index contributed by atoms with van der Waals surface area (Å²) in [4.78, 5) is 11.3. The smallest absolute Gasteiger partial charge is 0.335 e. The largest absolute Gasteiger partial charge is 0.497 e. The predicted molar refractivity (Wildman–Crippen MR) is 144 cm³/mol. The first-order valence-electron chi connectivity index (χ1n) is 11.6. The first kappa shape index (κ1) is 23.6. The number of aryl methyl sites for hydroxylation is 1. The number of carboxylic acids is 1. The van der Waals surface area contributed by atoms with Gasteiger partial charge in [0.1, 0.15) is 5.75 Å². The van der Waals surface area contributed by atoms with Gasteiger partial charge in [0.2, 0.25) is 0 Å². The minimum atomic E-state index is -0.944. The lowest BCUT2D eigenvalue weighted by molar-refractivity contribution is 0.0697. The van der Waals surface area contributed by atoms with Crippen LogP contribution in [0.2, 0.25) is 5.02 Å². The second-order valence-electron chi connectivity index (χ2n) is 8.91. The second-order valence-corrected chi connectivity index (χ2v) is 9.34. The third kappa shape index (κ3) is 4.58. The topological polar surface area (TPSA) is 64.4 Å². The fourth-order valence-corrected chi connectivity index (χ4v) is 4.78. The maximum Gasteiger partial charge on any atom is 0.335 e. The van der Waals surface area contributed by atoms with Crippen molar-refractivity contribution in [1.82, 2.24) is 9.78 Å². The molecule has 1 aromatic heterocycles. The van der Waals surface area contributed by atoms with Crippen molar-refractivity contribution in [2.24, 2.45) is 0 Å². The van der Waals surface area contributed by atoms with E-state index < -0.39 is 5.97 Å². The minimum Gasteiger partial charge on any atom is -0.497 e. The van der Waals surface area contributed by atoms with Crippen LogP contribution in [0.5, 0.6) is 5.75 Å². The fraction of sp³-hybridized carbons (Fsp3) is 0.133. The Morgan fingerprint density at radius 1 is 0.917 bits per heavy atom. The third-order valence-electron chi connectivity index (χ3n) is 6.42. The van der Waals surface area contributed by atoms with Crippen LogP contribution in [-0.2, 0) is 0 Å². The highest BCUT2D eigenvalue weighted by molar-refractivity contribution is 6.30. The van der Waals surface area contributed by atoms with Crippen molar-refractivity contribution in [2.45, 2.75) is 19.9 Å². The summed E-state index contributed by atoms with van der Waals surface area (Å²) in [6, 6.07) is 27.1. The van der Waals surface area contributed by atoms with Gasteiger partial charge in [-0.3, -0.25) is 4.68 Å². The molecule has 1 unspecified atom stereocenters. The monoisotopic (exact) mass is 496 g/mol. The molecule has 1 atom stereocenters. The molecule has 1 heterocycles. The molecule has 1 N–H and O–H groups in total. The van der Waals surface area contributed by atoms with Crippen molar-refractivity contribution < 1.29 is 14.6 Å². The van der Waals surface area contributed by atoms with Gasteiger partial charge >= 0.3 is 5.97 Å². The molecule has 5 nitrogen and oxygen atoms in total. The van der Waals surface area contributed by atoms with Crippen LogP contribution in [0.15, 0.2) is 84.9 Å². The Kier molecular flexibility index (Phi) is 6.25. The van der Waals surface area contributed by atoms with Gasteiger partial charge < -0.3 is 9.84 Å². The Morgan fingerprint density at radius 2 is 1.64 bits per heavy atom. The van der Waals surface area contributed by atoms with Gasteiger partial charge in [-0.05, 0) is 90.3 Å². The molecule has 0 fully saturated rings. The molecule has 36 heavy (non-hydrogen) atoms. The quantitative estimate of drug-likeness (QED) is 0.262. The van der Waals surface area contributed by atoms with E-state index in [0.29, 0.717) is 5.02 Å². The van der Waals surface area contributed by atoms with Crippen molar-refractivity contribution in [2.75, 3.05) is 7.11 Å². The molecule has 0 bridgehead atoms. The summed E-state index contributed by atoms with van der Waals surface area (Å²) in [6.45, 7) is 4.07. The van der Waals surface area contributed by atoms with E-state index in [0.717, 1.165) is 50.2 Å². The molecule has 4 aromatic carbocycles. The van der Waals surface area contributed by atoms with Crippen molar-refractivity contribution in [3.8, 4) is 28.3 Å². The van der Waals surface area contributed by atoms with E-state index in [2.05, 4.69) is 37.3 Å². The molecule has 0 amide bonds. The average molecular weight is 497 g/mol. The number of nitrogens with zero attached hydrogens (tertiary/aromatic N) is 2. The van der Waals surface area contributed by atoms with E-state index in [1.165, 1.54) is 0 Å². The number of benzene rings is 4. The Balaban J connectivity index is 1.65. The molecule has 0 saturated carbocycles. The molecule has 0 radical (unpaired) electrons. The van der Waals surface area contributed by atoms with E-state index in [-0.39, 0.29) is 11.6 Å². The highest BCUT2D eigenvalue weighted by Crippen LogP contribution is 2.34. The standard InChI is InChI=1S/C30H25ClN2O3/c1-18-12-25(15-26(31)13-18)28-17-29(24-9-8-23-16-27(36-3)11-10-22(23)14-24)33(32-28)19(2)20-4-6-21(7-5-20)30(34)35/h4-17,19H,1-3H3,(H,34,35). The van der Waals surface area contributed by atoms with Crippen LogP contribution in [0.1, 0.15) is 34.5 Å². The van der Waals surface area contributed by atoms with Crippen molar-refractivity contribution in [3.05, 3.63) is 107 Å². The number of hydrogen-bond donors (Lipinski definition) is 1. The summed E-state index contributed by atoms with van der Waals surface area (Å²) >= 11 is 6.36. The van der Waals surface area contributed by atoms with E-state index in [4.69, 9.17) is 21.4 Å². The van der Waals surface area contributed by atoms with Crippen molar-refractivity contribution >= 4 is 28.3 Å². The van der Waals surface area contributed by atoms with E-state index in [1.807, 2.05) is 54.1 Å². The summed E-state index contributed by atoms with van der Waals surface area (Å²) in [7, 11) is 1.66. The van der Waals surface area contributed by atoms with Crippen molar-refractivity contribution in [3.63, 3.8) is 0 Å². The molecule has 0 saturated heterocycles. The van der Waals surface area contributed by atoms with Crippen LogP contribution in [0.4, 0.5) is 0 Å². The summed E-state index contributed by atoms with van der Waals surface area (Å²) in [6.07, 6.45) is 0. The van der Waals surface area contributed by atoms with Crippen LogP contribution in [0.3, 0.4) is 0 Å². The number of rotatable bonds is 6. The number of halogens is 1. The van der Waals surface area contributed by atoms with Crippen LogP contribution >= 0.6 is 11.6 Å². The molecular weight excluding hydrogens is 472 g/mol. The first-order chi connectivity index (χ1) is 17.3. The molecule has 0 aliphatic carbocycles. The predicted octanol–water partition coefficient (Wildman–Crippen LogP) is 7.65. The van der Waals surface area contributed by atoms with Gasteiger partial charge in [0.25, 0.3) is 0 Å². The number of carbonyl (C=O) groups is 1. The van der Waals surface area contributed by atoms with Gasteiger partial charge in [-0.25, -0.2) is 4.79 Å². The number of methoxy groups -OCH3 is 1. The molecule has 180 valence electrons. The van der Waals surface area contributed by atoms with Gasteiger partial charge in [-0.15, -0.1) is 0 Å². The van der Waals surface area contributed by atoms with Crippen LogP contribution in [-0.4, -0.2) is 28.0 Å². The Morgan fingerprint density at radius 3 is 2.33 bits per heavy atom. The molecule has 5 rings (SSSR count). The average Bonchev–Trinajstić information content (AvgIpc) is 3.33. The number of hydrogen-bond acceptors (Lipinski definition) is 3. The lowest BCUT2D eigenvalue weighted by atomic mass is 10.0. The van der Waals surface area contributed by atoms with Crippen LogP contribution < -0.4 is 4.74 Å². The molecule has 6 heteroatoms. The Bertz CT molecular complexity index is 1570. The molecule has 5 aromatic rings. The zero-order valence-corrected chi connectivity index (χ0v) is 21.0. The number of aromatic nitrogens is 2. The highest BCUT2D eigenvalue weighted by atomic mass is 35.5. The summed E-state index contributed by atoms with van der Waals surface area (Å²) < 4.78 is 7.36. The van der Waals surface area contributed by atoms with E-state index in [1.54, 1.807) is 19.2 Å². The Hall–Kier alpha value is -4.09. The maximum absolute atomic E-state index is 11.3. The third-order valence-corrected chi connectivity index (χ3v) is 6.64. The van der Waals surface area contributed by atoms with Gasteiger partial charge in [0, 0.05) is 16.1 Å². The SMILES string of the molecule is COc1ccc2cc(-c3cc(-c4cc(C)cc(Cl)c4)nn3C(C)c3ccc(C(=O)O)cc3)ccc2c1. The van der Waals surface area contributed by atoms with Crippen molar-refractivity contribution in [1.29, 1.82) is 0 Å². The Labute approximate surface area is 214 Å². The second kappa shape index (κ2) is 9.51. The fourth-order valence-electron chi connectivity index (χ4n) is 4.49. The van der Waals surface area contributed by atoms with E-state index in [9.17, 15) is 9.90 Å². The maximum atomic E-state index is 11.3. The summed E-state index contributed by atoms with van der Waals surface area (Å²) in [5.74, 6) is -0.127. The van der Waals surface area contributed by atoms with Crippen LogP contribution in [0, 0.1) is 6.92 Å². The number of carboxylic acid groups (broad SMARTS) is 1. The summed E-state index contributed by atoms with van der Waals surface area (Å²) in [5.41, 5.74) is 6.02. The first-order valence-corrected chi connectivity index (χ1v) is 12.0.